The Labute approximate surface area is 172 Å². The van der Waals surface area contributed by atoms with Gasteiger partial charge in [-0.25, -0.2) is 4.79 Å². The first-order valence-corrected chi connectivity index (χ1v) is 9.85. The van der Waals surface area contributed by atoms with Crippen molar-refractivity contribution in [3.63, 3.8) is 0 Å². The summed E-state index contributed by atoms with van der Waals surface area (Å²) in [6.07, 6.45) is 6.09. The van der Waals surface area contributed by atoms with E-state index in [2.05, 4.69) is 0 Å². The second-order valence-corrected chi connectivity index (χ2v) is 7.16. The topological polar surface area (TPSA) is 71.1 Å². The van der Waals surface area contributed by atoms with Crippen LogP contribution in [-0.2, 0) is 35.1 Å². The van der Waals surface area contributed by atoms with E-state index in [1.165, 1.54) is 0 Å². The second kappa shape index (κ2) is 12.2. The molecule has 158 valence electrons. The number of esters is 2. The summed E-state index contributed by atoms with van der Waals surface area (Å²) in [5.74, 6) is -0.882. The van der Waals surface area contributed by atoms with Gasteiger partial charge in [-0.15, -0.1) is 0 Å². The summed E-state index contributed by atoms with van der Waals surface area (Å²) in [5.41, 5.74) is 0.968. The zero-order chi connectivity index (χ0) is 21.1. The van der Waals surface area contributed by atoms with Gasteiger partial charge in [-0.2, -0.15) is 0 Å². The Balaban J connectivity index is 2.14. The van der Waals surface area contributed by atoms with Gasteiger partial charge in [-0.05, 0) is 11.6 Å². The van der Waals surface area contributed by atoms with Crippen molar-refractivity contribution in [3.05, 3.63) is 60.2 Å². The van der Waals surface area contributed by atoms with Gasteiger partial charge >= 0.3 is 11.9 Å². The predicted molar refractivity (Wildman–Crippen MR) is 109 cm³/mol. The van der Waals surface area contributed by atoms with E-state index >= 15 is 0 Å². The molecule has 1 heterocycles. The van der Waals surface area contributed by atoms with Crippen LogP contribution in [0.2, 0.25) is 0 Å². The van der Waals surface area contributed by atoms with Crippen LogP contribution in [0.1, 0.15) is 25.8 Å². The molecule has 4 atom stereocenters. The molecule has 1 aromatic rings. The maximum absolute atomic E-state index is 12.6. The van der Waals surface area contributed by atoms with Gasteiger partial charge in [0.05, 0.1) is 25.7 Å². The lowest BCUT2D eigenvalue weighted by Crippen LogP contribution is -2.28. The van der Waals surface area contributed by atoms with Crippen LogP contribution in [0.3, 0.4) is 0 Å². The minimum Gasteiger partial charge on any atom is -0.463 e. The lowest BCUT2D eigenvalue weighted by molar-refractivity contribution is -0.155. The normalized spacial score (nSPS) is 29.1. The van der Waals surface area contributed by atoms with Gasteiger partial charge in [0, 0.05) is 18.9 Å². The molecule has 0 amide bonds. The van der Waals surface area contributed by atoms with E-state index in [0.29, 0.717) is 6.61 Å². The van der Waals surface area contributed by atoms with Gasteiger partial charge in [0.15, 0.2) is 6.10 Å². The number of cyclic esters (lactones) is 2. The molecule has 0 spiro atoms. The Kier molecular flexibility index (Phi) is 9.60. The number of ether oxygens (including phenoxy) is 4. The van der Waals surface area contributed by atoms with Crippen LogP contribution in [0, 0.1) is 11.8 Å². The SMILES string of the molecule is CO[C@@H]1COC(=O)C/C=C/[C@H](C)COC(=O)[C@H](OCc2ccccc2)/C=C/C1C. The van der Waals surface area contributed by atoms with E-state index in [1.807, 2.05) is 56.3 Å². The number of methoxy groups -OCH3 is 1. The van der Waals surface area contributed by atoms with E-state index in [4.69, 9.17) is 18.9 Å². The van der Waals surface area contributed by atoms with E-state index in [1.54, 1.807) is 19.3 Å². The first kappa shape index (κ1) is 22.8. The summed E-state index contributed by atoms with van der Waals surface area (Å²) >= 11 is 0. The highest BCUT2D eigenvalue weighted by Crippen LogP contribution is 2.14. The Morgan fingerprint density at radius 2 is 1.76 bits per heavy atom. The number of rotatable bonds is 4. The zero-order valence-electron chi connectivity index (χ0n) is 17.3. The fraction of sp³-hybridized carbons (Fsp3) is 0.478. The highest BCUT2D eigenvalue weighted by Gasteiger charge is 2.22. The summed E-state index contributed by atoms with van der Waals surface area (Å²) in [5, 5.41) is 0. The lowest BCUT2D eigenvalue weighted by Gasteiger charge is -2.20. The van der Waals surface area contributed by atoms with Crippen molar-refractivity contribution in [2.45, 2.75) is 39.1 Å². The van der Waals surface area contributed by atoms with E-state index < -0.39 is 12.1 Å². The molecule has 1 aliphatic rings. The summed E-state index contributed by atoms with van der Waals surface area (Å²) in [7, 11) is 1.57. The lowest BCUT2D eigenvalue weighted by atomic mass is 10.0. The number of hydrogen-bond acceptors (Lipinski definition) is 6. The van der Waals surface area contributed by atoms with Crippen LogP contribution in [0.15, 0.2) is 54.6 Å². The van der Waals surface area contributed by atoms with Crippen LogP contribution in [0.4, 0.5) is 0 Å². The number of hydrogen-bond donors (Lipinski definition) is 0. The molecule has 6 nitrogen and oxygen atoms in total. The molecular weight excluding hydrogens is 372 g/mol. The Morgan fingerprint density at radius 1 is 1.00 bits per heavy atom. The average Bonchev–Trinajstić information content (AvgIpc) is 2.72. The highest BCUT2D eigenvalue weighted by molar-refractivity contribution is 5.77. The minimum atomic E-state index is -0.834. The van der Waals surface area contributed by atoms with E-state index in [0.717, 1.165) is 5.56 Å². The van der Waals surface area contributed by atoms with Crippen molar-refractivity contribution in [1.29, 1.82) is 0 Å². The molecule has 0 aliphatic carbocycles. The van der Waals surface area contributed by atoms with E-state index in [9.17, 15) is 9.59 Å². The Hall–Kier alpha value is -2.44. The molecule has 0 aromatic heterocycles. The molecule has 2 rings (SSSR count). The van der Waals surface area contributed by atoms with Crippen molar-refractivity contribution in [1.82, 2.24) is 0 Å². The molecule has 1 unspecified atom stereocenters. The second-order valence-electron chi connectivity index (χ2n) is 7.16. The van der Waals surface area contributed by atoms with Crippen molar-refractivity contribution in [3.8, 4) is 0 Å². The summed E-state index contributed by atoms with van der Waals surface area (Å²) in [6, 6.07) is 9.64. The zero-order valence-corrected chi connectivity index (χ0v) is 17.3. The molecule has 0 bridgehead atoms. The highest BCUT2D eigenvalue weighted by atomic mass is 16.6. The maximum Gasteiger partial charge on any atom is 0.339 e. The van der Waals surface area contributed by atoms with Gasteiger partial charge in [-0.3, -0.25) is 4.79 Å². The summed E-state index contributed by atoms with van der Waals surface area (Å²) < 4.78 is 22.0. The van der Waals surface area contributed by atoms with Crippen molar-refractivity contribution < 1.29 is 28.5 Å². The van der Waals surface area contributed by atoms with Gasteiger partial charge in [0.2, 0.25) is 0 Å². The van der Waals surface area contributed by atoms with Crippen LogP contribution < -0.4 is 0 Å². The van der Waals surface area contributed by atoms with Crippen molar-refractivity contribution >= 4 is 11.9 Å². The van der Waals surface area contributed by atoms with Crippen molar-refractivity contribution in [2.75, 3.05) is 20.3 Å². The van der Waals surface area contributed by atoms with Crippen LogP contribution >= 0.6 is 0 Å². The first-order chi connectivity index (χ1) is 14.0. The smallest absolute Gasteiger partial charge is 0.339 e. The summed E-state index contributed by atoms with van der Waals surface area (Å²) in [6.45, 7) is 4.48. The standard InChI is InChI=1S/C23H30O6/c1-17-8-7-11-22(24)28-16-21(26-3)18(2)12-13-20(23(25)29-14-17)27-15-19-9-5-4-6-10-19/h4-10,12-13,17-18,20-21H,11,14-16H2,1-3H3/b8-7+,13-12+/t17-,18?,20+,21+/m0/s1. The molecule has 0 N–H and O–H groups in total. The third-order valence-electron chi connectivity index (χ3n) is 4.63. The Morgan fingerprint density at radius 3 is 2.48 bits per heavy atom. The van der Waals surface area contributed by atoms with Gasteiger partial charge in [0.25, 0.3) is 0 Å². The predicted octanol–water partition coefficient (Wildman–Crippen LogP) is 3.46. The third-order valence-corrected chi connectivity index (χ3v) is 4.63. The van der Waals surface area contributed by atoms with Crippen LogP contribution in [-0.4, -0.2) is 44.5 Å². The molecular formula is C23H30O6. The molecule has 1 aromatic carbocycles. The van der Waals surface area contributed by atoms with Gasteiger partial charge in [-0.1, -0.05) is 62.4 Å². The molecule has 29 heavy (non-hydrogen) atoms. The fourth-order valence-electron chi connectivity index (χ4n) is 2.78. The van der Waals surface area contributed by atoms with Crippen LogP contribution in [0.25, 0.3) is 0 Å². The average molecular weight is 402 g/mol. The van der Waals surface area contributed by atoms with E-state index in [-0.39, 0.29) is 43.5 Å². The fourth-order valence-corrected chi connectivity index (χ4v) is 2.78. The quantitative estimate of drug-likeness (QED) is 0.567. The number of carbonyl (C=O) groups excluding carboxylic acids is 2. The molecule has 0 saturated heterocycles. The number of benzene rings is 1. The van der Waals surface area contributed by atoms with Gasteiger partial charge < -0.3 is 18.9 Å². The first-order valence-electron chi connectivity index (χ1n) is 9.85. The molecule has 1 aliphatic heterocycles. The Bertz CT molecular complexity index is 697. The monoisotopic (exact) mass is 402 g/mol. The maximum atomic E-state index is 12.6. The minimum absolute atomic E-state index is 0.0266. The third kappa shape index (κ3) is 8.21. The largest absolute Gasteiger partial charge is 0.463 e. The molecule has 0 radical (unpaired) electrons. The number of carbonyl (C=O) groups is 2. The molecule has 0 saturated carbocycles. The van der Waals surface area contributed by atoms with Crippen molar-refractivity contribution in [2.24, 2.45) is 11.8 Å². The summed E-state index contributed by atoms with van der Waals surface area (Å²) in [4.78, 5) is 24.5. The van der Waals surface area contributed by atoms with Crippen LogP contribution in [0.5, 0.6) is 0 Å². The molecule has 0 fully saturated rings. The molecule has 6 heteroatoms. The van der Waals surface area contributed by atoms with Gasteiger partial charge in [0.1, 0.15) is 6.61 Å².